The van der Waals surface area contributed by atoms with Gasteiger partial charge in [-0.2, -0.15) is 0 Å². The molecule has 8 rings (SSSR count). The van der Waals surface area contributed by atoms with Crippen molar-refractivity contribution in [1.82, 2.24) is 35.2 Å². The normalized spacial score (nSPS) is 22.7. The Morgan fingerprint density at radius 2 is 1.65 bits per heavy atom. The van der Waals surface area contributed by atoms with Crippen LogP contribution >= 0.6 is 11.8 Å². The van der Waals surface area contributed by atoms with Gasteiger partial charge in [0, 0.05) is 68.2 Å². The van der Waals surface area contributed by atoms with Crippen molar-refractivity contribution in [2.24, 2.45) is 0 Å². The predicted octanol–water partition coefficient (Wildman–Crippen LogP) is 1.34. The topological polar surface area (TPSA) is 231 Å². The third-order valence-electron chi connectivity index (χ3n) is 11.3. The van der Waals surface area contributed by atoms with Crippen molar-refractivity contribution in [3.63, 3.8) is 0 Å². The second-order valence-electron chi connectivity index (χ2n) is 15.6. The molecule has 1 saturated carbocycles. The highest BCUT2D eigenvalue weighted by Gasteiger charge is 2.64. The summed E-state index contributed by atoms with van der Waals surface area (Å²) in [5.74, 6) is -5.88. The van der Waals surface area contributed by atoms with Crippen LogP contribution in [-0.4, -0.2) is 139 Å². The Hall–Kier alpha value is -6.02. The van der Waals surface area contributed by atoms with E-state index in [0.717, 1.165) is 30.8 Å². The zero-order valence-electron chi connectivity index (χ0n) is 33.1. The molecule has 5 aliphatic rings. The number of halogens is 1. The van der Waals surface area contributed by atoms with Crippen molar-refractivity contribution >= 4 is 70.0 Å². The van der Waals surface area contributed by atoms with Crippen LogP contribution in [-0.2, 0) is 24.0 Å². The van der Waals surface area contributed by atoms with Crippen LogP contribution in [0.1, 0.15) is 61.6 Å². The van der Waals surface area contributed by atoms with E-state index < -0.39 is 81.1 Å². The number of likely N-dealkylation sites (N-methyl/N-ethyl adjacent to an activating group) is 1. The van der Waals surface area contributed by atoms with Crippen LogP contribution in [0.25, 0.3) is 10.9 Å². The Kier molecular flexibility index (Phi) is 11.6. The number of carbonyl (C=O) groups excluding carboxylic acids is 5. The number of aromatic nitrogens is 1. The van der Waals surface area contributed by atoms with Crippen molar-refractivity contribution in [3.8, 4) is 0 Å². The van der Waals surface area contributed by atoms with Gasteiger partial charge in [-0.25, -0.2) is 18.8 Å². The molecule has 0 spiro atoms. The first kappa shape index (κ1) is 42.1. The van der Waals surface area contributed by atoms with E-state index in [4.69, 9.17) is 0 Å². The molecule has 318 valence electrons. The van der Waals surface area contributed by atoms with Gasteiger partial charge in [0.25, 0.3) is 0 Å². The van der Waals surface area contributed by atoms with E-state index in [-0.39, 0.29) is 30.1 Å². The van der Waals surface area contributed by atoms with Gasteiger partial charge in [-0.15, -0.1) is 11.8 Å². The van der Waals surface area contributed by atoms with E-state index in [0.29, 0.717) is 36.4 Å². The fourth-order valence-corrected chi connectivity index (χ4v) is 9.64. The van der Waals surface area contributed by atoms with Crippen LogP contribution < -0.4 is 26.3 Å². The lowest BCUT2D eigenvalue weighted by Crippen LogP contribution is -2.71. The average molecular weight is 849 g/mol. The van der Waals surface area contributed by atoms with Crippen molar-refractivity contribution < 1.29 is 48.2 Å². The number of benzene rings is 2. The van der Waals surface area contributed by atoms with Gasteiger partial charge in [0.1, 0.15) is 34.9 Å². The summed E-state index contributed by atoms with van der Waals surface area (Å²) in [5, 5.41) is 26.8. The highest BCUT2D eigenvalue weighted by Crippen LogP contribution is 2.51. The molecule has 18 nitrogen and oxygen atoms in total. The van der Waals surface area contributed by atoms with E-state index in [1.165, 1.54) is 33.8 Å². The molecule has 0 radical (unpaired) electrons. The fourth-order valence-electron chi connectivity index (χ4n) is 8.01. The number of hydrogen-bond donors (Lipinski definition) is 5. The molecule has 1 aliphatic carbocycles. The Labute approximate surface area is 347 Å². The minimum absolute atomic E-state index is 0.0200. The summed E-state index contributed by atoms with van der Waals surface area (Å²) in [5.41, 5.74) is 0.563. The lowest BCUT2D eigenvalue weighted by molar-refractivity contribution is -0.161. The molecule has 1 aromatic heterocycles. The SMILES string of the molecule is CCN1CCN(C(=O)N[C@@H](C(=O)N[C@@H]2C(=O)N3[C@@H]2SC(C)(C)[C@@H]3C(=O)O)c2ccccc2)C(=O)C1=O.O=C(O)c1cn(C2CC2)c2cc(N3CCNCC3)c(F)cc2c1=O. The molecule has 4 saturated heterocycles. The van der Waals surface area contributed by atoms with Gasteiger partial charge < -0.3 is 45.4 Å². The number of piperazine rings is 2. The molecular formula is C40H45FN8O10S. The number of carboxylic acid groups (broad SMARTS) is 2. The van der Waals surface area contributed by atoms with Crippen molar-refractivity contribution in [2.75, 3.05) is 50.7 Å². The summed E-state index contributed by atoms with van der Waals surface area (Å²) < 4.78 is 15.7. The number of fused-ring (bicyclic) bond motifs is 2. The predicted molar refractivity (Wildman–Crippen MR) is 216 cm³/mol. The molecule has 0 unspecified atom stereocenters. The zero-order valence-corrected chi connectivity index (χ0v) is 33.9. The highest BCUT2D eigenvalue weighted by atomic mass is 32.2. The number of nitrogens with zero attached hydrogens (tertiary/aromatic N) is 5. The molecule has 2 aromatic carbocycles. The summed E-state index contributed by atoms with van der Waals surface area (Å²) in [6, 6.07) is 7.19. The number of carbonyl (C=O) groups is 7. The fraction of sp³-hybridized carbons (Fsp3) is 0.450. The van der Waals surface area contributed by atoms with Gasteiger partial charge in [0.05, 0.1) is 11.2 Å². The number of urea groups is 1. The molecule has 4 aliphatic heterocycles. The van der Waals surface area contributed by atoms with Gasteiger partial charge >= 0.3 is 29.8 Å². The molecule has 5 N–H and O–H groups in total. The molecule has 5 heterocycles. The van der Waals surface area contributed by atoms with E-state index in [2.05, 4.69) is 16.0 Å². The molecule has 4 atom stereocenters. The van der Waals surface area contributed by atoms with Crippen LogP contribution in [0.3, 0.4) is 0 Å². The number of aliphatic carboxylic acids is 1. The molecule has 0 bridgehead atoms. The number of rotatable bonds is 9. The maximum Gasteiger partial charge on any atom is 0.341 e. The second-order valence-corrected chi connectivity index (χ2v) is 17.4. The highest BCUT2D eigenvalue weighted by molar-refractivity contribution is 8.01. The summed E-state index contributed by atoms with van der Waals surface area (Å²) >= 11 is 1.28. The van der Waals surface area contributed by atoms with Crippen molar-refractivity contribution in [2.45, 2.75) is 67.9 Å². The van der Waals surface area contributed by atoms with Crippen molar-refractivity contribution in [3.05, 3.63) is 75.8 Å². The Morgan fingerprint density at radius 1 is 0.967 bits per heavy atom. The third kappa shape index (κ3) is 7.87. The third-order valence-corrected chi connectivity index (χ3v) is 12.9. The number of β-lactam (4-membered cyclic amide) rings is 1. The van der Waals surface area contributed by atoms with Crippen LogP contribution in [0.2, 0.25) is 0 Å². The number of nitrogens with one attached hydrogen (secondary N) is 3. The number of imide groups is 1. The van der Waals surface area contributed by atoms with Crippen LogP contribution in [0, 0.1) is 5.82 Å². The smallest absolute Gasteiger partial charge is 0.341 e. The van der Waals surface area contributed by atoms with E-state index in [1.807, 2.05) is 9.47 Å². The minimum atomic E-state index is -1.28. The minimum Gasteiger partial charge on any atom is -0.480 e. The first-order valence-corrected chi connectivity index (χ1v) is 20.5. The first-order chi connectivity index (χ1) is 28.5. The van der Waals surface area contributed by atoms with Gasteiger partial charge in [0.2, 0.25) is 17.2 Å². The van der Waals surface area contributed by atoms with E-state index >= 15 is 0 Å². The Bertz CT molecular complexity index is 2330. The van der Waals surface area contributed by atoms with Gasteiger partial charge in [0.15, 0.2) is 0 Å². The molecule has 3 aromatic rings. The monoisotopic (exact) mass is 848 g/mol. The lowest BCUT2D eigenvalue weighted by Gasteiger charge is -2.44. The number of carboxylic acids is 2. The maximum atomic E-state index is 14.6. The summed E-state index contributed by atoms with van der Waals surface area (Å²) in [6.45, 7) is 8.63. The van der Waals surface area contributed by atoms with E-state index in [9.17, 15) is 53.0 Å². The summed E-state index contributed by atoms with van der Waals surface area (Å²) in [4.78, 5) is 105. The second kappa shape index (κ2) is 16.6. The average Bonchev–Trinajstić information content (AvgIpc) is 4.04. The number of thioether (sulfide) groups is 1. The van der Waals surface area contributed by atoms with Gasteiger partial charge in [-0.1, -0.05) is 30.3 Å². The number of pyridine rings is 1. The zero-order chi connectivity index (χ0) is 43.2. The maximum absolute atomic E-state index is 14.6. The summed E-state index contributed by atoms with van der Waals surface area (Å²) in [6.07, 6.45) is 3.29. The van der Waals surface area contributed by atoms with Crippen molar-refractivity contribution in [1.29, 1.82) is 0 Å². The van der Waals surface area contributed by atoms with E-state index in [1.54, 1.807) is 57.2 Å². The molecule has 6 amide bonds. The van der Waals surface area contributed by atoms with Crippen LogP contribution in [0.4, 0.5) is 14.9 Å². The standard InChI is InChI=1S/C23H27N5O7S.C17H18FN3O3/c1-4-26-10-11-27(19(32)18(26)31)22(35)25-13(12-8-6-5-7-9-12)16(29)24-14-17(30)28-15(21(33)34)23(2,3)36-20(14)28;18-13-7-11-14(8-15(13)20-5-3-19-4-6-20)21(10-1-2-10)9-12(16(11)22)17(23)24/h5-9,13-15,20H,4,10-11H2,1-3H3,(H,24,29)(H,25,35)(H,33,34);7-10,19H,1-6H2,(H,23,24)/t13-,14-,15+,20-;/m1./s1. The van der Waals surface area contributed by atoms with Gasteiger partial charge in [-0.05, 0) is 51.3 Å². The Balaban J connectivity index is 0.000000196. The Morgan fingerprint density at radius 3 is 2.27 bits per heavy atom. The van der Waals surface area contributed by atoms with Crippen LogP contribution in [0.15, 0.2) is 53.5 Å². The first-order valence-electron chi connectivity index (χ1n) is 19.6. The number of amides is 6. The molecule has 20 heteroatoms. The molecule has 5 fully saturated rings. The molecule has 60 heavy (non-hydrogen) atoms. The number of hydrogen-bond acceptors (Lipinski definition) is 11. The number of anilines is 1. The number of aromatic carboxylic acids is 1. The lowest BCUT2D eigenvalue weighted by atomic mass is 9.95. The largest absolute Gasteiger partial charge is 0.480 e. The van der Waals surface area contributed by atoms with Gasteiger partial charge in [-0.3, -0.25) is 28.9 Å². The van der Waals surface area contributed by atoms with Crippen LogP contribution in [0.5, 0.6) is 0 Å². The quantitative estimate of drug-likeness (QED) is 0.152. The summed E-state index contributed by atoms with van der Waals surface area (Å²) in [7, 11) is 0. The molecular weight excluding hydrogens is 804 g/mol.